The fourth-order valence-electron chi connectivity index (χ4n) is 2.96. The van der Waals surface area contributed by atoms with E-state index in [0.29, 0.717) is 13.0 Å². The van der Waals surface area contributed by atoms with Gasteiger partial charge in [0.1, 0.15) is 11.4 Å². The normalized spacial score (nSPS) is 19.8. The van der Waals surface area contributed by atoms with Gasteiger partial charge in [-0.25, -0.2) is 13.4 Å². The van der Waals surface area contributed by atoms with Crippen molar-refractivity contribution in [2.75, 3.05) is 18.1 Å². The van der Waals surface area contributed by atoms with Gasteiger partial charge in [-0.1, -0.05) is 6.07 Å². The van der Waals surface area contributed by atoms with E-state index in [1.807, 2.05) is 6.92 Å². The third-order valence-electron chi connectivity index (χ3n) is 4.14. The molecule has 0 radical (unpaired) electrons. The maximum Gasteiger partial charge on any atom is 0.416 e. The van der Waals surface area contributed by atoms with E-state index < -0.39 is 27.2 Å². The summed E-state index contributed by atoms with van der Waals surface area (Å²) < 4.78 is 69.4. The van der Waals surface area contributed by atoms with Crippen LogP contribution in [-0.2, 0) is 22.6 Å². The maximum absolute atomic E-state index is 13.5. The van der Waals surface area contributed by atoms with Crippen LogP contribution in [0.5, 0.6) is 5.75 Å². The van der Waals surface area contributed by atoms with Gasteiger partial charge in [0.15, 0.2) is 15.8 Å². The summed E-state index contributed by atoms with van der Waals surface area (Å²) >= 11 is 0. The second kappa shape index (κ2) is 8.81. The molecule has 1 heterocycles. The standard InChI is InChI=1S/C19H28F3N3O3S/c1-5-23-17(25-14-8-9-29(26,27)12-14)24-11-13-6-7-15(28-18(2,3)4)10-16(13)19(20,21)22/h6-7,10,14H,5,8-9,11-12H2,1-4H3,(H2,23,24,25). The number of sulfone groups is 1. The van der Waals surface area contributed by atoms with E-state index in [0.717, 1.165) is 6.07 Å². The molecule has 0 bridgehead atoms. The maximum atomic E-state index is 13.5. The molecular weight excluding hydrogens is 407 g/mol. The van der Waals surface area contributed by atoms with Gasteiger partial charge >= 0.3 is 6.18 Å². The second-order valence-electron chi connectivity index (χ2n) is 7.97. The minimum Gasteiger partial charge on any atom is -0.488 e. The van der Waals surface area contributed by atoms with E-state index in [4.69, 9.17) is 4.74 Å². The number of alkyl halides is 3. The highest BCUT2D eigenvalue weighted by Gasteiger charge is 2.34. The van der Waals surface area contributed by atoms with Crippen molar-refractivity contribution in [3.63, 3.8) is 0 Å². The molecule has 0 aliphatic carbocycles. The molecule has 0 amide bonds. The Morgan fingerprint density at radius 2 is 1.97 bits per heavy atom. The van der Waals surface area contributed by atoms with Gasteiger partial charge < -0.3 is 15.4 Å². The average Bonchev–Trinajstić information content (AvgIpc) is 2.90. The van der Waals surface area contributed by atoms with Crippen LogP contribution in [0.1, 0.15) is 45.2 Å². The van der Waals surface area contributed by atoms with E-state index in [-0.39, 0.29) is 41.4 Å². The van der Waals surface area contributed by atoms with Crippen molar-refractivity contribution in [2.24, 2.45) is 4.99 Å². The van der Waals surface area contributed by atoms with Gasteiger partial charge in [0.25, 0.3) is 0 Å². The monoisotopic (exact) mass is 435 g/mol. The lowest BCUT2D eigenvalue weighted by Crippen LogP contribution is -2.44. The Labute approximate surface area is 169 Å². The van der Waals surface area contributed by atoms with Crippen LogP contribution in [0.3, 0.4) is 0 Å². The molecule has 1 fully saturated rings. The van der Waals surface area contributed by atoms with Crippen LogP contribution in [0.15, 0.2) is 23.2 Å². The molecule has 0 saturated carbocycles. The number of nitrogens with zero attached hydrogens (tertiary/aromatic N) is 1. The summed E-state index contributed by atoms with van der Waals surface area (Å²) in [5.74, 6) is 0.512. The summed E-state index contributed by atoms with van der Waals surface area (Å²) in [6, 6.07) is 3.54. The van der Waals surface area contributed by atoms with Gasteiger partial charge in [-0.05, 0) is 51.8 Å². The highest BCUT2D eigenvalue weighted by molar-refractivity contribution is 7.91. The molecule has 1 atom stereocenters. The first-order valence-electron chi connectivity index (χ1n) is 9.43. The molecule has 6 nitrogen and oxygen atoms in total. The van der Waals surface area contributed by atoms with Crippen LogP contribution in [0.4, 0.5) is 13.2 Å². The van der Waals surface area contributed by atoms with Crippen LogP contribution in [0.2, 0.25) is 0 Å². The molecule has 29 heavy (non-hydrogen) atoms. The summed E-state index contributed by atoms with van der Waals surface area (Å²) in [5, 5.41) is 5.94. The summed E-state index contributed by atoms with van der Waals surface area (Å²) in [6.07, 6.45) is -4.10. The zero-order chi connectivity index (χ0) is 21.9. The van der Waals surface area contributed by atoms with Crippen LogP contribution in [-0.4, -0.2) is 44.1 Å². The van der Waals surface area contributed by atoms with Crippen molar-refractivity contribution in [2.45, 2.75) is 58.5 Å². The fraction of sp³-hybridized carbons (Fsp3) is 0.632. The van der Waals surface area contributed by atoms with Crippen molar-refractivity contribution in [3.8, 4) is 5.75 Å². The predicted molar refractivity (Wildman–Crippen MR) is 107 cm³/mol. The lowest BCUT2D eigenvalue weighted by atomic mass is 10.1. The van der Waals surface area contributed by atoms with Gasteiger partial charge in [-0.2, -0.15) is 13.2 Å². The molecule has 1 unspecified atom stereocenters. The summed E-state index contributed by atoms with van der Waals surface area (Å²) in [7, 11) is -3.08. The Bertz CT molecular complexity index is 846. The van der Waals surface area contributed by atoms with Gasteiger partial charge in [0, 0.05) is 12.6 Å². The first-order chi connectivity index (χ1) is 13.3. The average molecular weight is 436 g/mol. The van der Waals surface area contributed by atoms with E-state index in [1.54, 1.807) is 20.8 Å². The molecule has 10 heteroatoms. The number of halogens is 3. The highest BCUT2D eigenvalue weighted by atomic mass is 32.2. The molecule has 2 rings (SSSR count). The van der Waals surface area contributed by atoms with Crippen LogP contribution in [0.25, 0.3) is 0 Å². The summed E-state index contributed by atoms with van der Waals surface area (Å²) in [5.41, 5.74) is -1.41. The molecule has 164 valence electrons. The smallest absolute Gasteiger partial charge is 0.416 e. The SMILES string of the molecule is CCNC(=NCc1ccc(OC(C)(C)C)cc1C(F)(F)F)NC1CCS(=O)(=O)C1. The summed E-state index contributed by atoms with van der Waals surface area (Å²) in [6.45, 7) is 7.39. The molecule has 1 aliphatic rings. The van der Waals surface area contributed by atoms with Crippen LogP contribution in [0, 0.1) is 0 Å². The van der Waals surface area contributed by atoms with Crippen molar-refractivity contribution in [1.82, 2.24) is 10.6 Å². The number of hydrogen-bond acceptors (Lipinski definition) is 4. The number of guanidine groups is 1. The molecule has 0 spiro atoms. The molecule has 2 N–H and O–H groups in total. The number of ether oxygens (including phenoxy) is 1. The van der Waals surface area contributed by atoms with Crippen molar-refractivity contribution < 1.29 is 26.3 Å². The van der Waals surface area contributed by atoms with Crippen LogP contribution >= 0.6 is 0 Å². The first kappa shape index (κ1) is 23.3. The molecule has 1 aliphatic heterocycles. The van der Waals surface area contributed by atoms with Gasteiger partial charge in [-0.3, -0.25) is 0 Å². The van der Waals surface area contributed by atoms with Crippen molar-refractivity contribution in [1.29, 1.82) is 0 Å². The number of benzene rings is 1. The Kier molecular flexibility index (Phi) is 7.08. The largest absolute Gasteiger partial charge is 0.488 e. The molecular formula is C19H28F3N3O3S. The lowest BCUT2D eigenvalue weighted by Gasteiger charge is -2.23. The highest BCUT2D eigenvalue weighted by Crippen LogP contribution is 2.35. The molecule has 1 aromatic rings. The zero-order valence-corrected chi connectivity index (χ0v) is 17.9. The lowest BCUT2D eigenvalue weighted by molar-refractivity contribution is -0.138. The van der Waals surface area contributed by atoms with Gasteiger partial charge in [0.2, 0.25) is 0 Å². The fourth-order valence-corrected chi connectivity index (χ4v) is 4.63. The van der Waals surface area contributed by atoms with E-state index in [1.165, 1.54) is 12.1 Å². The Morgan fingerprint density at radius 3 is 2.48 bits per heavy atom. The Balaban J connectivity index is 2.22. The first-order valence-corrected chi connectivity index (χ1v) is 11.3. The van der Waals surface area contributed by atoms with Gasteiger partial charge in [-0.15, -0.1) is 0 Å². The van der Waals surface area contributed by atoms with Crippen molar-refractivity contribution in [3.05, 3.63) is 29.3 Å². The van der Waals surface area contributed by atoms with E-state index in [2.05, 4.69) is 15.6 Å². The quantitative estimate of drug-likeness (QED) is 0.549. The topological polar surface area (TPSA) is 79.8 Å². The zero-order valence-electron chi connectivity index (χ0n) is 17.1. The van der Waals surface area contributed by atoms with Crippen LogP contribution < -0.4 is 15.4 Å². The predicted octanol–water partition coefficient (Wildman–Crippen LogP) is 3.12. The number of aliphatic imine (C=N–C) groups is 1. The molecule has 0 aromatic heterocycles. The molecule has 1 saturated heterocycles. The third kappa shape index (κ3) is 7.41. The third-order valence-corrected chi connectivity index (χ3v) is 5.90. The minimum atomic E-state index is -4.55. The Hall–Kier alpha value is -1.97. The number of hydrogen-bond donors (Lipinski definition) is 2. The second-order valence-corrected chi connectivity index (χ2v) is 10.2. The minimum absolute atomic E-state index is 0.00926. The van der Waals surface area contributed by atoms with E-state index in [9.17, 15) is 21.6 Å². The summed E-state index contributed by atoms with van der Waals surface area (Å²) in [4.78, 5) is 4.23. The molecule has 1 aromatic carbocycles. The number of nitrogens with one attached hydrogen (secondary N) is 2. The van der Waals surface area contributed by atoms with Gasteiger partial charge in [0.05, 0.1) is 23.6 Å². The number of rotatable bonds is 5. The van der Waals surface area contributed by atoms with E-state index >= 15 is 0 Å². The Morgan fingerprint density at radius 1 is 1.28 bits per heavy atom. The van der Waals surface area contributed by atoms with Crippen molar-refractivity contribution >= 4 is 15.8 Å².